The second-order valence-electron chi connectivity index (χ2n) is 12.5. The number of carbonyl (C=O) groups excluding carboxylic acids is 3. The largest absolute Gasteiger partial charge is 0.463 e. The Labute approximate surface area is 287 Å². The summed E-state index contributed by atoms with van der Waals surface area (Å²) < 4.78 is 34.1. The number of carbonyl (C=O) groups is 3. The van der Waals surface area contributed by atoms with Gasteiger partial charge in [-0.3, -0.25) is 14.5 Å². The maximum Gasteiger partial charge on any atom is 0.329 e. The number of anilines is 1. The van der Waals surface area contributed by atoms with Crippen molar-refractivity contribution in [1.82, 2.24) is 10.2 Å². The van der Waals surface area contributed by atoms with Crippen LogP contribution in [0.3, 0.4) is 0 Å². The Kier molecular flexibility index (Phi) is 13.9. The van der Waals surface area contributed by atoms with Gasteiger partial charge in [-0.2, -0.15) is 0 Å². The number of ether oxygens (including phenoxy) is 2. The minimum Gasteiger partial charge on any atom is -0.463 e. The number of hydrogen-bond acceptors (Lipinski definition) is 8. The average molecular weight is 711 g/mol. The Morgan fingerprint density at radius 3 is 2.28 bits per heavy atom. The van der Waals surface area contributed by atoms with Crippen LogP contribution in [-0.4, -0.2) is 88.6 Å². The molecular weight excluding hydrogens is 665 g/mol. The molecule has 1 saturated heterocycles. The topological polar surface area (TPSA) is 131 Å². The first kappa shape index (κ1) is 37.1. The van der Waals surface area contributed by atoms with Crippen LogP contribution in [0.15, 0.2) is 42.5 Å². The SMILES string of the molecule is CS(=O)(=O)CCCCCC1(C(=O)N[C@@H](Cc2ccc(NC(=O)c3c(Cl)cccc3Cl)cc2)C(=O)OCCN2CCOCC2)CCCC1. The molecular formula is C34H45Cl2N3O7S. The van der Waals surface area contributed by atoms with Gasteiger partial charge in [0.25, 0.3) is 5.91 Å². The van der Waals surface area contributed by atoms with Crippen molar-refractivity contribution < 1.29 is 32.3 Å². The number of unbranched alkanes of at least 4 members (excludes halogenated alkanes) is 2. The van der Waals surface area contributed by atoms with Crippen molar-refractivity contribution in [2.75, 3.05) is 56.8 Å². The highest BCUT2D eigenvalue weighted by molar-refractivity contribution is 7.90. The number of esters is 1. The minimum atomic E-state index is -3.02. The van der Waals surface area contributed by atoms with E-state index < -0.39 is 33.2 Å². The van der Waals surface area contributed by atoms with E-state index in [4.69, 9.17) is 32.7 Å². The van der Waals surface area contributed by atoms with E-state index in [9.17, 15) is 22.8 Å². The van der Waals surface area contributed by atoms with E-state index in [2.05, 4.69) is 15.5 Å². The van der Waals surface area contributed by atoms with Crippen LogP contribution >= 0.6 is 23.2 Å². The van der Waals surface area contributed by atoms with Crippen molar-refractivity contribution >= 4 is 56.5 Å². The van der Waals surface area contributed by atoms with Crippen LogP contribution in [0.1, 0.15) is 67.3 Å². The number of hydrogen-bond donors (Lipinski definition) is 2. The molecule has 0 bridgehead atoms. The molecule has 1 saturated carbocycles. The third-order valence-electron chi connectivity index (χ3n) is 8.90. The normalized spacial score (nSPS) is 17.2. The number of morpholine rings is 1. The van der Waals surface area contributed by atoms with Crippen molar-refractivity contribution in [3.63, 3.8) is 0 Å². The molecule has 13 heteroatoms. The Balaban J connectivity index is 1.42. The molecule has 2 aromatic rings. The van der Waals surface area contributed by atoms with E-state index in [1.165, 1.54) is 6.26 Å². The average Bonchev–Trinajstić information content (AvgIpc) is 3.51. The molecule has 2 aromatic carbocycles. The van der Waals surface area contributed by atoms with Crippen LogP contribution in [0.4, 0.5) is 5.69 Å². The molecule has 1 atom stereocenters. The van der Waals surface area contributed by atoms with Crippen molar-refractivity contribution in [3.05, 3.63) is 63.6 Å². The summed E-state index contributed by atoms with van der Waals surface area (Å²) >= 11 is 12.4. The number of benzene rings is 2. The van der Waals surface area contributed by atoms with Gasteiger partial charge in [-0.1, -0.05) is 67.1 Å². The van der Waals surface area contributed by atoms with Gasteiger partial charge in [-0.05, 0) is 55.5 Å². The summed E-state index contributed by atoms with van der Waals surface area (Å²) in [4.78, 5) is 42.3. The van der Waals surface area contributed by atoms with Gasteiger partial charge in [0.05, 0.1) is 28.8 Å². The summed E-state index contributed by atoms with van der Waals surface area (Å²) in [6.07, 6.45) is 7.43. The first-order valence-electron chi connectivity index (χ1n) is 16.3. The standard InChI is InChI=1S/C34H45Cl2N3O7S/c1-47(43,44)23-6-2-3-14-34(15-4-5-16-34)33(42)38-29(32(41)46-22-19-39-17-20-45-21-18-39)24-25-10-12-26(13-11-25)37-31(40)30-27(35)8-7-9-28(30)36/h7-13,29H,2-6,14-24H2,1H3,(H,37,40)(H,38,42)/t29-/m0/s1. The minimum absolute atomic E-state index is 0.140. The van der Waals surface area contributed by atoms with Crippen LogP contribution in [0.5, 0.6) is 0 Å². The molecule has 1 aliphatic heterocycles. The molecule has 10 nitrogen and oxygen atoms in total. The number of amides is 2. The zero-order valence-electron chi connectivity index (χ0n) is 26.9. The second-order valence-corrected chi connectivity index (χ2v) is 15.6. The quantitative estimate of drug-likeness (QED) is 0.177. The van der Waals surface area contributed by atoms with E-state index in [-0.39, 0.29) is 40.3 Å². The Morgan fingerprint density at radius 2 is 1.64 bits per heavy atom. The first-order chi connectivity index (χ1) is 22.5. The molecule has 0 radical (unpaired) electrons. The van der Waals surface area contributed by atoms with E-state index in [0.717, 1.165) is 57.2 Å². The lowest BCUT2D eigenvalue weighted by Gasteiger charge is -2.30. The van der Waals surface area contributed by atoms with Crippen LogP contribution in [0, 0.1) is 5.41 Å². The van der Waals surface area contributed by atoms with Crippen LogP contribution in [0.2, 0.25) is 10.0 Å². The highest BCUT2D eigenvalue weighted by atomic mass is 35.5. The lowest BCUT2D eigenvalue weighted by molar-refractivity contribution is -0.150. The first-order valence-corrected chi connectivity index (χ1v) is 19.1. The Hall–Kier alpha value is -2.70. The maximum absolute atomic E-state index is 13.9. The van der Waals surface area contributed by atoms with Crippen LogP contribution in [0.25, 0.3) is 0 Å². The van der Waals surface area contributed by atoms with E-state index in [0.29, 0.717) is 38.3 Å². The fraction of sp³-hybridized carbons (Fsp3) is 0.559. The fourth-order valence-electron chi connectivity index (χ4n) is 6.22. The Bertz CT molecular complexity index is 1450. The monoisotopic (exact) mass is 709 g/mol. The molecule has 47 heavy (non-hydrogen) atoms. The summed E-state index contributed by atoms with van der Waals surface area (Å²) in [7, 11) is -3.02. The van der Waals surface area contributed by atoms with Crippen molar-refractivity contribution in [2.45, 2.75) is 63.8 Å². The summed E-state index contributed by atoms with van der Waals surface area (Å²) in [5.74, 6) is -0.964. The van der Waals surface area contributed by atoms with Gasteiger partial charge in [0.2, 0.25) is 5.91 Å². The summed E-state index contributed by atoms with van der Waals surface area (Å²) in [5.41, 5.74) is 0.879. The fourth-order valence-corrected chi connectivity index (χ4v) is 7.52. The molecule has 0 unspecified atom stereocenters. The maximum atomic E-state index is 13.9. The van der Waals surface area contributed by atoms with Gasteiger partial charge >= 0.3 is 5.97 Å². The van der Waals surface area contributed by atoms with Crippen molar-refractivity contribution in [2.24, 2.45) is 5.41 Å². The van der Waals surface area contributed by atoms with Gasteiger partial charge < -0.3 is 20.1 Å². The molecule has 1 aliphatic carbocycles. The number of nitrogens with zero attached hydrogens (tertiary/aromatic N) is 1. The molecule has 1 heterocycles. The molecule has 2 N–H and O–H groups in total. The number of rotatable bonds is 16. The molecule has 0 aromatic heterocycles. The van der Waals surface area contributed by atoms with Gasteiger partial charge in [-0.15, -0.1) is 0 Å². The third kappa shape index (κ3) is 11.5. The van der Waals surface area contributed by atoms with Gasteiger partial charge in [-0.25, -0.2) is 13.2 Å². The number of sulfone groups is 1. The smallest absolute Gasteiger partial charge is 0.329 e. The third-order valence-corrected chi connectivity index (χ3v) is 10.6. The highest BCUT2D eigenvalue weighted by Gasteiger charge is 2.42. The van der Waals surface area contributed by atoms with E-state index in [1.807, 2.05) is 0 Å². The predicted molar refractivity (Wildman–Crippen MR) is 184 cm³/mol. The summed E-state index contributed by atoms with van der Waals surface area (Å²) in [6, 6.07) is 11.0. The van der Waals surface area contributed by atoms with Crippen LogP contribution < -0.4 is 10.6 Å². The van der Waals surface area contributed by atoms with Gasteiger partial charge in [0.15, 0.2) is 0 Å². The van der Waals surface area contributed by atoms with E-state index >= 15 is 0 Å². The zero-order chi connectivity index (χ0) is 33.9. The lowest BCUT2D eigenvalue weighted by atomic mass is 9.79. The Morgan fingerprint density at radius 1 is 0.979 bits per heavy atom. The van der Waals surface area contributed by atoms with Gasteiger partial charge in [0, 0.05) is 49.2 Å². The molecule has 258 valence electrons. The molecule has 2 amide bonds. The predicted octanol–water partition coefficient (Wildman–Crippen LogP) is 5.31. The summed E-state index contributed by atoms with van der Waals surface area (Å²) in [6.45, 7) is 3.62. The summed E-state index contributed by atoms with van der Waals surface area (Å²) in [5, 5.41) is 6.32. The lowest BCUT2D eigenvalue weighted by Crippen LogP contribution is -2.49. The van der Waals surface area contributed by atoms with Crippen molar-refractivity contribution in [3.8, 4) is 0 Å². The van der Waals surface area contributed by atoms with Crippen LogP contribution in [-0.2, 0) is 35.3 Å². The van der Waals surface area contributed by atoms with E-state index in [1.54, 1.807) is 42.5 Å². The zero-order valence-corrected chi connectivity index (χ0v) is 29.2. The number of nitrogens with one attached hydrogen (secondary N) is 2. The van der Waals surface area contributed by atoms with Gasteiger partial charge in [0.1, 0.15) is 22.5 Å². The second kappa shape index (κ2) is 17.6. The molecule has 2 aliphatic rings. The molecule has 2 fully saturated rings. The molecule has 0 spiro atoms. The van der Waals surface area contributed by atoms with Crippen molar-refractivity contribution in [1.29, 1.82) is 0 Å². The highest BCUT2D eigenvalue weighted by Crippen LogP contribution is 2.43. The number of halogens is 2. The molecule has 4 rings (SSSR count).